The Morgan fingerprint density at radius 3 is 1.36 bits per heavy atom. The highest BCUT2D eigenvalue weighted by molar-refractivity contribution is 9.49. The highest BCUT2D eigenvalue weighted by Crippen LogP contribution is 3.43. The molecule has 0 fully saturated rings. The van der Waals surface area contributed by atoms with Gasteiger partial charge in [0.25, 0.3) is 0 Å². The van der Waals surface area contributed by atoms with Crippen molar-refractivity contribution in [3.05, 3.63) is 126 Å². The van der Waals surface area contributed by atoms with Crippen LogP contribution in [0.2, 0.25) is 51.4 Å². The Balaban J connectivity index is 0.000000350. The van der Waals surface area contributed by atoms with Gasteiger partial charge >= 0.3 is 0 Å². The third kappa shape index (κ3) is 36.2. The van der Waals surface area contributed by atoms with Crippen LogP contribution in [0.5, 0.6) is 11.5 Å². The molecule has 23 unspecified atom stereocenters. The molecule has 3 aromatic heterocycles. The molecule has 14 nitrogen and oxygen atoms in total. The number of nitrogens with zero attached hydrogens (tertiary/aromatic N) is 7. The van der Waals surface area contributed by atoms with E-state index < -0.39 is 22.0 Å². The van der Waals surface area contributed by atoms with Gasteiger partial charge < -0.3 is 34.9 Å². The van der Waals surface area contributed by atoms with E-state index in [2.05, 4.69) is 271 Å². The Labute approximate surface area is 718 Å². The third-order valence-corrected chi connectivity index (χ3v) is 301. The number of rotatable bonds is 36. The molecule has 0 saturated heterocycles. The zero-order valence-electron chi connectivity index (χ0n) is 59.8. The van der Waals surface area contributed by atoms with Crippen LogP contribution in [0.1, 0.15) is 18.6 Å². The lowest BCUT2D eigenvalue weighted by Gasteiger charge is -2.56. The topological polar surface area (TPSA) is 171 Å². The summed E-state index contributed by atoms with van der Waals surface area (Å²) in [4.78, 5) is 22.5. The largest absolute Gasteiger partial charge is 0.503 e. The first-order valence-corrected chi connectivity index (χ1v) is 114. The molecule has 0 aliphatic carbocycles. The molecule has 7 aromatic rings. The minimum Gasteiger partial charge on any atom is -0.503 e. The average molecular weight is 2280 g/mol. The molecule has 0 bridgehead atoms. The van der Waals surface area contributed by atoms with Gasteiger partial charge in [-0.05, 0) is 190 Å². The van der Waals surface area contributed by atoms with Crippen LogP contribution in [0.3, 0.4) is 0 Å². The summed E-state index contributed by atoms with van der Waals surface area (Å²) in [5.41, 5.74) is 12.4. The lowest BCUT2D eigenvalue weighted by atomic mass is 10.1. The molecule has 23 atom stereocenters. The number of nitrogen functional groups attached to an aromatic ring is 1. The highest BCUT2D eigenvalue weighted by atomic mass is 33.5. The predicted octanol–water partition coefficient (Wildman–Crippen LogP) is 36.9. The summed E-state index contributed by atoms with van der Waals surface area (Å²) in [5, 5.41) is 18.1. The zero-order valence-corrected chi connectivity index (χ0v) is 105. The molecule has 3 heterocycles. The molecule has 59 heteroatoms. The predicted molar refractivity (Wildman–Crippen MR) is 620 cm³/mol. The van der Waals surface area contributed by atoms with Crippen LogP contribution in [-0.4, -0.2) is 73.1 Å². The van der Waals surface area contributed by atoms with E-state index in [-0.39, 0.29) is 172 Å². The summed E-state index contributed by atoms with van der Waals surface area (Å²) in [6, 6.07) is 27.6. The number of halogens is 1. The summed E-state index contributed by atoms with van der Waals surface area (Å²) in [7, 11) is 72.4. The number of hydrogen-bond donors (Lipinski definition) is 3. The lowest BCUT2D eigenvalue weighted by Crippen LogP contribution is -2.27. The number of nitrogens with one attached hydrogen (secondary N) is 1. The van der Waals surface area contributed by atoms with Gasteiger partial charge in [-0.1, -0.05) is 118 Å². The van der Waals surface area contributed by atoms with Gasteiger partial charge in [0.2, 0.25) is 5.69 Å². The van der Waals surface area contributed by atoms with Crippen molar-refractivity contribution in [2.45, 2.75) is 72.6 Å². The number of aromatic hydroxyl groups is 1. The molecule has 0 saturated carbocycles. The van der Waals surface area contributed by atoms with Crippen molar-refractivity contribution < 1.29 is 28.2 Å². The smallest absolute Gasteiger partial charge is 0.222 e. The molecule has 0 aliphatic rings. The second kappa shape index (κ2) is 56.2. The highest BCUT2D eigenvalue weighted by Gasteiger charge is 2.56. The molecule has 0 spiro atoms. The molecular formula is C49H104FN9O5P42Si2. The van der Waals surface area contributed by atoms with Gasteiger partial charge in [0.15, 0.2) is 41.3 Å². The molecule has 7 rings (SSSR count). The van der Waals surface area contributed by atoms with Crippen LogP contribution < -0.4 is 20.7 Å². The number of benzene rings is 4. The lowest BCUT2D eigenvalue weighted by molar-refractivity contribution is 0.0221. The Bertz CT molecular complexity index is 3800. The Hall–Kier alpha value is 11.3. The monoisotopic (exact) mass is 2270 g/mol. The van der Waals surface area contributed by atoms with E-state index in [9.17, 15) is 9.50 Å². The summed E-state index contributed by atoms with van der Waals surface area (Å²) in [6.07, 6.45) is 2.88. The first-order chi connectivity index (χ1) is 50.0. The minimum absolute atomic E-state index is 0. The maximum atomic E-state index is 14.8. The van der Waals surface area contributed by atoms with E-state index >= 15 is 0 Å². The van der Waals surface area contributed by atoms with Crippen LogP contribution in [0.15, 0.2) is 102 Å². The number of aryl methyl sites for hydroxylation is 2. The van der Waals surface area contributed by atoms with Gasteiger partial charge in [0.1, 0.15) is 36.6 Å². The number of fused-ring (bicyclic) bond motifs is 1. The van der Waals surface area contributed by atoms with Gasteiger partial charge in [0, 0.05) is 57.9 Å². The fourth-order valence-electron chi connectivity index (χ4n) is 8.68. The first-order valence-electron chi connectivity index (χ1n) is 30.7. The van der Waals surface area contributed by atoms with Crippen molar-refractivity contribution in [1.29, 1.82) is 0 Å². The number of hydrogen-bond acceptors (Lipinski definition) is 13. The van der Waals surface area contributed by atoms with Crippen LogP contribution in [0.4, 0.5) is 38.9 Å². The van der Waals surface area contributed by atoms with Crippen LogP contribution in [0.25, 0.3) is 38.3 Å². The zero-order chi connectivity index (χ0) is 80.3. The Kier molecular flexibility index (Phi) is 58.1. The van der Waals surface area contributed by atoms with Crippen LogP contribution in [-0.2, 0) is 9.47 Å². The van der Waals surface area contributed by atoms with Gasteiger partial charge in [-0.25, -0.2) is 29.2 Å². The van der Waals surface area contributed by atoms with E-state index in [0.717, 1.165) is 39.7 Å². The van der Waals surface area contributed by atoms with Crippen LogP contribution >= 0.6 is 336 Å². The number of anilines is 5. The summed E-state index contributed by atoms with van der Waals surface area (Å²) in [6.45, 7) is 24.2. The molecule has 0 radical (unpaired) electrons. The van der Waals surface area contributed by atoms with Crippen molar-refractivity contribution in [2.75, 3.05) is 42.7 Å². The van der Waals surface area contributed by atoms with E-state index in [1.54, 1.807) is 23.1 Å². The maximum absolute atomic E-state index is 14.8. The van der Waals surface area contributed by atoms with E-state index in [1.807, 2.05) is 68.4 Å². The van der Waals surface area contributed by atoms with Crippen molar-refractivity contribution in [1.82, 2.24) is 25.1 Å². The van der Waals surface area contributed by atoms with E-state index in [4.69, 9.17) is 31.0 Å². The summed E-state index contributed by atoms with van der Waals surface area (Å²) >= 11 is 0. The third-order valence-electron chi connectivity index (χ3n) is 13.7. The molecule has 600 valence electrons. The second-order valence-electron chi connectivity index (χ2n) is 24.5. The Morgan fingerprint density at radius 1 is 0.528 bits per heavy atom. The average Bonchev–Trinajstić information content (AvgIpc) is 1.23. The summed E-state index contributed by atoms with van der Waals surface area (Å²) in [5.74, 6) is 0.865. The van der Waals surface area contributed by atoms with Crippen molar-refractivity contribution in [2.24, 2.45) is 0 Å². The molecule has 0 aliphatic heterocycles. The number of ether oxygens (including phenoxy) is 3. The molecule has 108 heavy (non-hydrogen) atoms. The maximum Gasteiger partial charge on any atom is 0.222 e. The Morgan fingerprint density at radius 2 is 0.935 bits per heavy atom. The van der Waals surface area contributed by atoms with Crippen molar-refractivity contribution >= 4 is 398 Å². The molecular weight excluding hydrogens is 2170 g/mol. The van der Waals surface area contributed by atoms with Crippen LogP contribution in [0, 0.1) is 26.2 Å². The number of nitrogens with two attached hydrogens (primary N) is 1. The SMILES string of the molecule is C.Cc1ccc(-c2ncnc(Nc3ccc4c(N)noc4c3)c2O)cc1.PP(P)P(P(P)P)P(P(P)P)P(P(P(P(P)P)P(P)P)P(P(P)P)P(P)P)P(P(P(P)P)P(P)P)P(P(P)P)P(P)P.[C-]#[N+]c1ccc(N(COCC[Si](C)(C)C)c2ncnc(-c3ccc(C)cc3)c2OCOCC[Si](C)(C)C)cc1F. The normalized spacial score (nSPS) is 12.8. The standard InChI is InChI=1S/C30H41FN4O3Si2.C18H15N5O2.CH4.H44P42/c1-23-9-11-24(12-10-23)28-29(38-22-37-16-18-40(6,7)8)30(34-20-33-28)35(21-36-15-17-39(3,4)5)25-13-14-27(32-2)26(31)19-25;1-10-2-4-11(5-3-10)15-16(24)18(21-9-20-15)22-12-6-7-13-14(8-12)25-23-17(13)19;;1-23(2)34(24(3)4)39(33(21)22)42(40(35(25(5)6)26(7)8)36(27(9)10)28(11)12)41(37(29(13)14)30(15)16)38(31(17)18)32(19)20/h9-14,19-20H,15-18,21-22H2,1,3-8H3;2-9,24H,1H3,(H2,19,23)(H,20,21,22);1H4;1-22H2. The molecule has 0 amide bonds. The molecule has 4 aromatic carbocycles. The van der Waals surface area contributed by atoms with Gasteiger partial charge in [0.05, 0.1) is 12.0 Å². The van der Waals surface area contributed by atoms with Gasteiger partial charge in [-0.3, -0.25) is 4.90 Å². The van der Waals surface area contributed by atoms with Gasteiger partial charge in [-0.2, -0.15) is 0 Å². The fourth-order valence-corrected chi connectivity index (χ4v) is 596. The first kappa shape index (κ1) is 112. The minimum atomic E-state index is -1.32. The van der Waals surface area contributed by atoms with E-state index in [0.29, 0.717) is 64.8 Å². The summed E-state index contributed by atoms with van der Waals surface area (Å²) < 4.78 is 38.2. The fraction of sp³-hybridized carbons (Fsp3) is 0.306. The number of aromatic nitrogens is 5. The quantitative estimate of drug-likeness (QED) is 0.0112. The molecule has 4 N–H and O–H groups in total. The van der Waals surface area contributed by atoms with Crippen molar-refractivity contribution in [3.63, 3.8) is 0 Å². The van der Waals surface area contributed by atoms with E-state index in [1.165, 1.54) is 24.8 Å². The van der Waals surface area contributed by atoms with Crippen molar-refractivity contribution in [3.8, 4) is 34.0 Å². The second-order valence-corrected chi connectivity index (χ2v) is 207. The van der Waals surface area contributed by atoms with Gasteiger partial charge in [-0.15, -0.1) is 196 Å².